The third-order valence-corrected chi connectivity index (χ3v) is 3.79. The zero-order valence-corrected chi connectivity index (χ0v) is 12.1. The maximum Gasteiger partial charge on any atom is 0.219 e. The summed E-state index contributed by atoms with van der Waals surface area (Å²) in [5, 5.41) is 7.45. The van der Waals surface area contributed by atoms with Gasteiger partial charge in [-0.3, -0.25) is 14.9 Å². The number of hydrogen-bond donors (Lipinski definition) is 1. The molecule has 2 aromatic rings. The molecule has 1 aliphatic heterocycles. The predicted molar refractivity (Wildman–Crippen MR) is 74.3 cm³/mol. The summed E-state index contributed by atoms with van der Waals surface area (Å²) < 4.78 is 0.918. The van der Waals surface area contributed by atoms with Crippen LogP contribution >= 0.6 is 15.9 Å². The molecule has 0 saturated carbocycles. The maximum atomic E-state index is 11.5. The molecule has 1 amide bonds. The molecule has 2 aromatic heterocycles. The Morgan fingerprint density at radius 1 is 1.47 bits per heavy atom. The van der Waals surface area contributed by atoms with Gasteiger partial charge in [0.05, 0.1) is 5.69 Å². The molecule has 6 heteroatoms. The van der Waals surface area contributed by atoms with E-state index in [1.165, 1.54) is 0 Å². The van der Waals surface area contributed by atoms with Gasteiger partial charge in [0.1, 0.15) is 0 Å². The van der Waals surface area contributed by atoms with Crippen molar-refractivity contribution in [2.45, 2.75) is 19.9 Å². The standard InChI is InChI=1S/C13H13BrN4O/c1-8(19)18-3-2-12-11(7-18)13(17-16-12)9-4-10(14)6-15-5-9/h4-6H,2-3,7H2,1H3,(H,16,17). The van der Waals surface area contributed by atoms with Crippen LogP contribution in [0, 0.1) is 0 Å². The highest BCUT2D eigenvalue weighted by Gasteiger charge is 2.24. The molecule has 0 aliphatic carbocycles. The largest absolute Gasteiger partial charge is 0.338 e. The number of pyridine rings is 1. The number of H-pyrrole nitrogens is 1. The van der Waals surface area contributed by atoms with Gasteiger partial charge in [-0.25, -0.2) is 0 Å². The number of carbonyl (C=O) groups is 1. The molecule has 0 bridgehead atoms. The van der Waals surface area contributed by atoms with Gasteiger partial charge in [0, 0.05) is 60.1 Å². The summed E-state index contributed by atoms with van der Waals surface area (Å²) in [5.41, 5.74) is 4.06. The van der Waals surface area contributed by atoms with Crippen LogP contribution in [0.1, 0.15) is 18.2 Å². The number of fused-ring (bicyclic) bond motifs is 1. The molecule has 19 heavy (non-hydrogen) atoms. The van der Waals surface area contributed by atoms with Gasteiger partial charge < -0.3 is 4.90 Å². The summed E-state index contributed by atoms with van der Waals surface area (Å²) in [6, 6.07) is 1.98. The van der Waals surface area contributed by atoms with Crippen molar-refractivity contribution in [1.82, 2.24) is 20.1 Å². The van der Waals surface area contributed by atoms with E-state index in [0.29, 0.717) is 6.54 Å². The van der Waals surface area contributed by atoms with E-state index in [1.807, 2.05) is 11.0 Å². The molecule has 0 radical (unpaired) electrons. The minimum Gasteiger partial charge on any atom is -0.338 e. The average molecular weight is 321 g/mol. The summed E-state index contributed by atoms with van der Waals surface area (Å²) in [4.78, 5) is 17.5. The highest BCUT2D eigenvalue weighted by molar-refractivity contribution is 9.10. The summed E-state index contributed by atoms with van der Waals surface area (Å²) in [7, 11) is 0. The summed E-state index contributed by atoms with van der Waals surface area (Å²) in [6.45, 7) is 2.97. The van der Waals surface area contributed by atoms with Crippen molar-refractivity contribution in [3.63, 3.8) is 0 Å². The summed E-state index contributed by atoms with van der Waals surface area (Å²) >= 11 is 3.41. The lowest BCUT2D eigenvalue weighted by molar-refractivity contribution is -0.129. The fraction of sp³-hybridized carbons (Fsp3) is 0.308. The lowest BCUT2D eigenvalue weighted by Crippen LogP contribution is -2.34. The van der Waals surface area contributed by atoms with Gasteiger partial charge in [-0.1, -0.05) is 0 Å². The van der Waals surface area contributed by atoms with Crippen LogP contribution in [0.2, 0.25) is 0 Å². The Hall–Kier alpha value is -1.69. The average Bonchev–Trinajstić information content (AvgIpc) is 2.81. The number of aromatic nitrogens is 3. The zero-order valence-electron chi connectivity index (χ0n) is 10.5. The van der Waals surface area contributed by atoms with Gasteiger partial charge in [-0.05, 0) is 22.0 Å². The van der Waals surface area contributed by atoms with Crippen molar-refractivity contribution in [1.29, 1.82) is 0 Å². The second kappa shape index (κ2) is 4.77. The van der Waals surface area contributed by atoms with Crippen molar-refractivity contribution in [2.75, 3.05) is 6.54 Å². The van der Waals surface area contributed by atoms with Crippen molar-refractivity contribution < 1.29 is 4.79 Å². The second-order valence-electron chi connectivity index (χ2n) is 4.61. The number of carbonyl (C=O) groups excluding carboxylic acids is 1. The van der Waals surface area contributed by atoms with Crippen LogP contribution in [-0.4, -0.2) is 32.5 Å². The van der Waals surface area contributed by atoms with E-state index in [2.05, 4.69) is 31.1 Å². The Balaban J connectivity index is 2.01. The lowest BCUT2D eigenvalue weighted by atomic mass is 10.0. The van der Waals surface area contributed by atoms with Crippen LogP contribution in [0.4, 0.5) is 0 Å². The number of rotatable bonds is 1. The SMILES string of the molecule is CC(=O)N1CCc2[nH]nc(-c3cncc(Br)c3)c2C1. The number of nitrogens with one attached hydrogen (secondary N) is 1. The Kier molecular flexibility index (Phi) is 3.10. The first-order valence-electron chi connectivity index (χ1n) is 6.07. The van der Waals surface area contributed by atoms with Crippen LogP contribution in [0.25, 0.3) is 11.3 Å². The number of aromatic amines is 1. The topological polar surface area (TPSA) is 61.9 Å². The minimum absolute atomic E-state index is 0.102. The number of halogens is 1. The van der Waals surface area contributed by atoms with E-state index >= 15 is 0 Å². The predicted octanol–water partition coefficient (Wildman–Crippen LogP) is 2.14. The van der Waals surface area contributed by atoms with Gasteiger partial charge in [0.25, 0.3) is 0 Å². The van der Waals surface area contributed by atoms with Gasteiger partial charge in [-0.15, -0.1) is 0 Å². The van der Waals surface area contributed by atoms with Gasteiger partial charge in [-0.2, -0.15) is 5.10 Å². The molecule has 0 atom stereocenters. The van der Waals surface area contributed by atoms with E-state index < -0.39 is 0 Å². The zero-order chi connectivity index (χ0) is 13.4. The minimum atomic E-state index is 0.102. The number of amides is 1. The smallest absolute Gasteiger partial charge is 0.219 e. The first-order chi connectivity index (χ1) is 9.15. The molecule has 0 fully saturated rings. The normalized spacial score (nSPS) is 14.3. The molecule has 5 nitrogen and oxygen atoms in total. The van der Waals surface area contributed by atoms with Crippen molar-refractivity contribution >= 4 is 21.8 Å². The van der Waals surface area contributed by atoms with Crippen molar-refractivity contribution in [3.8, 4) is 11.3 Å². The molecule has 0 unspecified atom stereocenters. The van der Waals surface area contributed by atoms with Gasteiger partial charge >= 0.3 is 0 Å². The van der Waals surface area contributed by atoms with Crippen LogP contribution in [-0.2, 0) is 17.8 Å². The molecule has 0 aromatic carbocycles. The van der Waals surface area contributed by atoms with E-state index in [4.69, 9.17) is 0 Å². The highest BCUT2D eigenvalue weighted by Crippen LogP contribution is 2.29. The summed E-state index contributed by atoms with van der Waals surface area (Å²) in [6.07, 6.45) is 4.35. The summed E-state index contributed by atoms with van der Waals surface area (Å²) in [5.74, 6) is 0.102. The first-order valence-corrected chi connectivity index (χ1v) is 6.87. The van der Waals surface area contributed by atoms with Crippen molar-refractivity contribution in [3.05, 3.63) is 34.2 Å². The van der Waals surface area contributed by atoms with Crippen LogP contribution in [0.5, 0.6) is 0 Å². The molecule has 1 N–H and O–H groups in total. The molecular formula is C13H13BrN4O. The van der Waals surface area contributed by atoms with E-state index in [-0.39, 0.29) is 5.91 Å². The molecular weight excluding hydrogens is 308 g/mol. The fourth-order valence-corrected chi connectivity index (χ4v) is 2.71. The molecule has 3 heterocycles. The van der Waals surface area contributed by atoms with E-state index in [9.17, 15) is 4.79 Å². The second-order valence-corrected chi connectivity index (χ2v) is 5.53. The maximum absolute atomic E-state index is 11.5. The molecule has 0 spiro atoms. The third kappa shape index (κ3) is 2.28. The molecule has 0 saturated heterocycles. The molecule has 1 aliphatic rings. The number of nitrogens with zero attached hydrogens (tertiary/aromatic N) is 3. The van der Waals surface area contributed by atoms with E-state index in [0.717, 1.165) is 40.0 Å². The lowest BCUT2D eigenvalue weighted by Gasteiger charge is -2.25. The molecule has 98 valence electrons. The van der Waals surface area contributed by atoms with Crippen molar-refractivity contribution in [2.24, 2.45) is 0 Å². The van der Waals surface area contributed by atoms with Crippen LogP contribution in [0.15, 0.2) is 22.9 Å². The fourth-order valence-electron chi connectivity index (χ4n) is 2.34. The highest BCUT2D eigenvalue weighted by atomic mass is 79.9. The van der Waals surface area contributed by atoms with Crippen LogP contribution in [0.3, 0.4) is 0 Å². The molecule has 3 rings (SSSR count). The Morgan fingerprint density at radius 3 is 3.05 bits per heavy atom. The Labute approximate surface area is 119 Å². The van der Waals surface area contributed by atoms with Crippen LogP contribution < -0.4 is 0 Å². The van der Waals surface area contributed by atoms with Gasteiger partial charge in [0.15, 0.2) is 0 Å². The number of hydrogen-bond acceptors (Lipinski definition) is 3. The third-order valence-electron chi connectivity index (χ3n) is 3.36. The Morgan fingerprint density at radius 2 is 2.32 bits per heavy atom. The quantitative estimate of drug-likeness (QED) is 0.875. The first kappa shape index (κ1) is 12.3. The Bertz CT molecular complexity index is 637. The van der Waals surface area contributed by atoms with E-state index in [1.54, 1.807) is 19.3 Å². The van der Waals surface area contributed by atoms with Gasteiger partial charge in [0.2, 0.25) is 5.91 Å². The monoisotopic (exact) mass is 320 g/mol.